The van der Waals surface area contributed by atoms with Crippen molar-refractivity contribution in [2.45, 2.75) is 6.54 Å². The van der Waals surface area contributed by atoms with Gasteiger partial charge in [0, 0.05) is 17.2 Å². The van der Waals surface area contributed by atoms with E-state index in [0.717, 1.165) is 31.8 Å². The van der Waals surface area contributed by atoms with Gasteiger partial charge in [-0.25, -0.2) is 4.98 Å². The average Bonchev–Trinajstić information content (AvgIpc) is 2.46. The number of pyridine rings is 1. The lowest BCUT2D eigenvalue weighted by Crippen LogP contribution is -2.02. The predicted octanol–water partition coefficient (Wildman–Crippen LogP) is 4.24. The SMILES string of the molecule is COc1ccc(CNc2ncc(Br)cc2Br)cc1OC. The second kappa shape index (κ2) is 6.95. The fraction of sp³-hybridized carbons (Fsp3) is 0.214. The van der Waals surface area contributed by atoms with E-state index < -0.39 is 0 Å². The van der Waals surface area contributed by atoms with Crippen molar-refractivity contribution in [1.82, 2.24) is 4.98 Å². The van der Waals surface area contributed by atoms with Crippen LogP contribution in [-0.4, -0.2) is 19.2 Å². The van der Waals surface area contributed by atoms with Gasteiger partial charge in [-0.1, -0.05) is 6.07 Å². The number of ether oxygens (including phenoxy) is 2. The zero-order valence-electron chi connectivity index (χ0n) is 11.1. The van der Waals surface area contributed by atoms with Gasteiger partial charge in [-0.15, -0.1) is 0 Å². The molecule has 1 N–H and O–H groups in total. The molecule has 0 aliphatic carbocycles. The first kappa shape index (κ1) is 15.1. The van der Waals surface area contributed by atoms with Crippen molar-refractivity contribution in [1.29, 1.82) is 0 Å². The minimum Gasteiger partial charge on any atom is -0.493 e. The van der Waals surface area contributed by atoms with Gasteiger partial charge in [0.2, 0.25) is 0 Å². The monoisotopic (exact) mass is 400 g/mol. The molecule has 0 aliphatic rings. The van der Waals surface area contributed by atoms with Crippen molar-refractivity contribution < 1.29 is 9.47 Å². The third-order valence-corrected chi connectivity index (χ3v) is 3.75. The van der Waals surface area contributed by atoms with Crippen LogP contribution in [0.3, 0.4) is 0 Å². The van der Waals surface area contributed by atoms with Gasteiger partial charge in [0.25, 0.3) is 0 Å². The number of hydrogen-bond acceptors (Lipinski definition) is 4. The summed E-state index contributed by atoms with van der Waals surface area (Å²) >= 11 is 6.85. The lowest BCUT2D eigenvalue weighted by molar-refractivity contribution is 0.354. The molecule has 2 aromatic rings. The summed E-state index contributed by atoms with van der Waals surface area (Å²) in [6.07, 6.45) is 1.75. The van der Waals surface area contributed by atoms with Crippen LogP contribution in [0.15, 0.2) is 39.4 Å². The summed E-state index contributed by atoms with van der Waals surface area (Å²) in [5, 5.41) is 3.27. The highest BCUT2D eigenvalue weighted by Crippen LogP contribution is 2.28. The number of methoxy groups -OCH3 is 2. The number of benzene rings is 1. The van der Waals surface area contributed by atoms with Crippen molar-refractivity contribution in [2.75, 3.05) is 19.5 Å². The van der Waals surface area contributed by atoms with E-state index in [9.17, 15) is 0 Å². The molecular formula is C14H14Br2N2O2. The van der Waals surface area contributed by atoms with Crippen LogP contribution in [0.5, 0.6) is 11.5 Å². The van der Waals surface area contributed by atoms with Crippen LogP contribution in [0, 0.1) is 0 Å². The van der Waals surface area contributed by atoms with E-state index in [1.807, 2.05) is 24.3 Å². The molecule has 4 nitrogen and oxygen atoms in total. The molecule has 0 bridgehead atoms. The Bertz CT molecular complexity index is 606. The number of rotatable bonds is 5. The fourth-order valence-electron chi connectivity index (χ4n) is 1.72. The number of nitrogens with one attached hydrogen (secondary N) is 1. The predicted molar refractivity (Wildman–Crippen MR) is 86.5 cm³/mol. The van der Waals surface area contributed by atoms with Crippen molar-refractivity contribution in [3.8, 4) is 11.5 Å². The molecule has 20 heavy (non-hydrogen) atoms. The number of aromatic nitrogens is 1. The Balaban J connectivity index is 2.10. The number of hydrogen-bond donors (Lipinski definition) is 1. The summed E-state index contributed by atoms with van der Waals surface area (Å²) in [5.41, 5.74) is 1.08. The smallest absolute Gasteiger partial charge is 0.161 e. The van der Waals surface area contributed by atoms with Gasteiger partial charge in [-0.2, -0.15) is 0 Å². The summed E-state index contributed by atoms with van der Waals surface area (Å²) in [4.78, 5) is 4.31. The Kier molecular flexibility index (Phi) is 5.25. The average molecular weight is 402 g/mol. The van der Waals surface area contributed by atoms with E-state index in [0.29, 0.717) is 6.54 Å². The lowest BCUT2D eigenvalue weighted by Gasteiger charge is -2.11. The van der Waals surface area contributed by atoms with Gasteiger partial charge < -0.3 is 14.8 Å². The standard InChI is InChI=1S/C14H14Br2N2O2/c1-19-12-4-3-9(5-13(12)20-2)7-17-14-11(16)6-10(15)8-18-14/h3-6,8H,7H2,1-2H3,(H,17,18). The quantitative estimate of drug-likeness (QED) is 0.813. The summed E-state index contributed by atoms with van der Waals surface area (Å²) < 4.78 is 12.3. The summed E-state index contributed by atoms with van der Waals surface area (Å²) in [6, 6.07) is 7.77. The first-order chi connectivity index (χ1) is 9.63. The highest BCUT2D eigenvalue weighted by Gasteiger charge is 2.06. The van der Waals surface area contributed by atoms with E-state index >= 15 is 0 Å². The van der Waals surface area contributed by atoms with Gasteiger partial charge in [0.05, 0.1) is 18.7 Å². The van der Waals surface area contributed by atoms with Gasteiger partial charge in [0.1, 0.15) is 5.82 Å². The van der Waals surface area contributed by atoms with Crippen molar-refractivity contribution >= 4 is 37.7 Å². The minimum absolute atomic E-state index is 0.646. The summed E-state index contributed by atoms with van der Waals surface area (Å²) in [5.74, 6) is 2.23. The third kappa shape index (κ3) is 3.64. The highest BCUT2D eigenvalue weighted by molar-refractivity contribution is 9.11. The van der Waals surface area contributed by atoms with Crippen LogP contribution < -0.4 is 14.8 Å². The Morgan fingerprint density at radius 1 is 1.10 bits per heavy atom. The maximum Gasteiger partial charge on any atom is 0.161 e. The van der Waals surface area contributed by atoms with Gasteiger partial charge >= 0.3 is 0 Å². The van der Waals surface area contributed by atoms with Crippen LogP contribution in [0.2, 0.25) is 0 Å². The summed E-state index contributed by atoms with van der Waals surface area (Å²) in [7, 11) is 3.25. The molecule has 0 aliphatic heterocycles. The Morgan fingerprint density at radius 2 is 1.85 bits per heavy atom. The van der Waals surface area contributed by atoms with Crippen molar-refractivity contribution in [3.05, 3.63) is 45.0 Å². The van der Waals surface area contributed by atoms with E-state index in [1.54, 1.807) is 20.4 Å². The molecule has 0 amide bonds. The number of anilines is 1. The molecule has 0 radical (unpaired) electrons. The first-order valence-corrected chi connectivity index (χ1v) is 7.48. The third-order valence-electron chi connectivity index (χ3n) is 2.72. The molecule has 0 unspecified atom stereocenters. The molecule has 2 rings (SSSR count). The largest absolute Gasteiger partial charge is 0.493 e. The maximum absolute atomic E-state index is 5.28. The van der Waals surface area contributed by atoms with Gasteiger partial charge in [0.15, 0.2) is 11.5 Å². The topological polar surface area (TPSA) is 43.4 Å². The molecule has 1 aromatic carbocycles. The zero-order chi connectivity index (χ0) is 14.5. The van der Waals surface area contributed by atoms with E-state index in [1.165, 1.54) is 0 Å². The number of nitrogens with zero attached hydrogens (tertiary/aromatic N) is 1. The Morgan fingerprint density at radius 3 is 2.50 bits per heavy atom. The van der Waals surface area contributed by atoms with Crippen LogP contribution >= 0.6 is 31.9 Å². The van der Waals surface area contributed by atoms with Crippen LogP contribution in [0.25, 0.3) is 0 Å². The van der Waals surface area contributed by atoms with E-state index in [2.05, 4.69) is 42.2 Å². The molecule has 0 saturated carbocycles. The number of halogens is 2. The summed E-state index contributed by atoms with van der Waals surface area (Å²) in [6.45, 7) is 0.646. The van der Waals surface area contributed by atoms with Crippen LogP contribution in [0.4, 0.5) is 5.82 Å². The van der Waals surface area contributed by atoms with Crippen LogP contribution in [-0.2, 0) is 6.54 Å². The van der Waals surface area contributed by atoms with E-state index in [4.69, 9.17) is 9.47 Å². The van der Waals surface area contributed by atoms with Crippen molar-refractivity contribution in [3.63, 3.8) is 0 Å². The minimum atomic E-state index is 0.646. The molecule has 6 heteroatoms. The second-order valence-corrected chi connectivity index (χ2v) is 5.80. The van der Waals surface area contributed by atoms with Gasteiger partial charge in [-0.3, -0.25) is 0 Å². The molecule has 106 valence electrons. The molecule has 0 fully saturated rings. The maximum atomic E-state index is 5.28. The van der Waals surface area contributed by atoms with Gasteiger partial charge in [-0.05, 0) is 55.6 Å². The highest BCUT2D eigenvalue weighted by atomic mass is 79.9. The van der Waals surface area contributed by atoms with Crippen molar-refractivity contribution in [2.24, 2.45) is 0 Å². The fourth-order valence-corrected chi connectivity index (χ4v) is 2.85. The Hall–Kier alpha value is -1.27. The Labute approximate surface area is 134 Å². The molecular weight excluding hydrogens is 388 g/mol. The second-order valence-electron chi connectivity index (χ2n) is 4.03. The van der Waals surface area contributed by atoms with Crippen LogP contribution in [0.1, 0.15) is 5.56 Å². The molecule has 0 saturated heterocycles. The molecule has 1 aromatic heterocycles. The van der Waals surface area contributed by atoms with E-state index in [-0.39, 0.29) is 0 Å². The zero-order valence-corrected chi connectivity index (χ0v) is 14.3. The molecule has 0 spiro atoms. The normalized spacial score (nSPS) is 10.2. The lowest BCUT2D eigenvalue weighted by atomic mass is 10.2. The molecule has 1 heterocycles. The molecule has 0 atom stereocenters. The first-order valence-electron chi connectivity index (χ1n) is 5.90.